The van der Waals surface area contributed by atoms with Gasteiger partial charge in [0.2, 0.25) is 0 Å². The fraction of sp³-hybridized carbons (Fsp3) is 0. The summed E-state index contributed by atoms with van der Waals surface area (Å²) >= 11 is 0. The summed E-state index contributed by atoms with van der Waals surface area (Å²) in [5, 5.41) is 5.57. The standard InChI is InChI=1S/C15H12N2/c1-2-12-6-5-8-14(10-12)17-15-9-4-3-7-13(15)11-16-17/h2-11H,1H2. The SMILES string of the molecule is C=Cc1cccc(-n2ncc3ccccc32)c1. The average molecular weight is 220 g/mol. The van der Waals surface area contributed by atoms with E-state index in [9.17, 15) is 0 Å². The van der Waals surface area contributed by atoms with Crippen molar-refractivity contribution in [2.24, 2.45) is 0 Å². The molecule has 1 heterocycles. The molecule has 0 saturated heterocycles. The van der Waals surface area contributed by atoms with Gasteiger partial charge < -0.3 is 0 Å². The third-order valence-electron chi connectivity index (χ3n) is 2.83. The highest BCUT2D eigenvalue weighted by atomic mass is 15.3. The highest BCUT2D eigenvalue weighted by Gasteiger charge is 2.03. The van der Waals surface area contributed by atoms with Gasteiger partial charge in [-0.05, 0) is 23.8 Å². The van der Waals surface area contributed by atoms with Crippen molar-refractivity contribution in [2.75, 3.05) is 0 Å². The topological polar surface area (TPSA) is 17.8 Å². The van der Waals surface area contributed by atoms with Crippen LogP contribution in [0.5, 0.6) is 0 Å². The first-order valence-electron chi connectivity index (χ1n) is 5.54. The molecule has 0 unspecified atom stereocenters. The van der Waals surface area contributed by atoms with Gasteiger partial charge >= 0.3 is 0 Å². The lowest BCUT2D eigenvalue weighted by atomic mass is 10.2. The molecule has 0 atom stereocenters. The van der Waals surface area contributed by atoms with E-state index in [1.54, 1.807) is 0 Å². The maximum absolute atomic E-state index is 4.42. The van der Waals surface area contributed by atoms with E-state index in [1.807, 2.05) is 47.3 Å². The number of para-hydroxylation sites is 1. The van der Waals surface area contributed by atoms with E-state index in [4.69, 9.17) is 0 Å². The van der Waals surface area contributed by atoms with Crippen molar-refractivity contribution < 1.29 is 0 Å². The molecule has 82 valence electrons. The molecular formula is C15H12N2. The lowest BCUT2D eigenvalue weighted by molar-refractivity contribution is 0.910. The summed E-state index contributed by atoms with van der Waals surface area (Å²) in [6, 6.07) is 16.4. The Morgan fingerprint density at radius 3 is 2.82 bits per heavy atom. The van der Waals surface area contributed by atoms with Gasteiger partial charge in [0.15, 0.2) is 0 Å². The van der Waals surface area contributed by atoms with E-state index >= 15 is 0 Å². The van der Waals surface area contributed by atoms with Crippen molar-refractivity contribution >= 4 is 17.0 Å². The van der Waals surface area contributed by atoms with Crippen LogP contribution in [0.15, 0.2) is 61.3 Å². The second kappa shape index (κ2) is 3.91. The molecule has 0 bridgehead atoms. The number of nitrogens with zero attached hydrogens (tertiary/aromatic N) is 2. The van der Waals surface area contributed by atoms with Crippen LogP contribution in [0, 0.1) is 0 Å². The molecule has 0 N–H and O–H groups in total. The van der Waals surface area contributed by atoms with E-state index < -0.39 is 0 Å². The Balaban J connectivity index is 2.23. The zero-order valence-corrected chi connectivity index (χ0v) is 9.38. The molecule has 0 aliphatic carbocycles. The van der Waals surface area contributed by atoms with Crippen LogP contribution >= 0.6 is 0 Å². The summed E-state index contributed by atoms with van der Waals surface area (Å²) in [5.74, 6) is 0. The predicted octanol–water partition coefficient (Wildman–Crippen LogP) is 3.67. The van der Waals surface area contributed by atoms with Gasteiger partial charge in [0.25, 0.3) is 0 Å². The highest BCUT2D eigenvalue weighted by Crippen LogP contribution is 2.18. The van der Waals surface area contributed by atoms with Crippen molar-refractivity contribution in [2.45, 2.75) is 0 Å². The third kappa shape index (κ3) is 1.64. The van der Waals surface area contributed by atoms with Crippen LogP contribution in [0.1, 0.15) is 5.56 Å². The van der Waals surface area contributed by atoms with Gasteiger partial charge in [-0.3, -0.25) is 0 Å². The fourth-order valence-electron chi connectivity index (χ4n) is 1.96. The van der Waals surface area contributed by atoms with Crippen LogP contribution in [0.4, 0.5) is 0 Å². The van der Waals surface area contributed by atoms with E-state index in [-0.39, 0.29) is 0 Å². The molecule has 0 saturated carbocycles. The summed E-state index contributed by atoms with van der Waals surface area (Å²) in [4.78, 5) is 0. The zero-order valence-electron chi connectivity index (χ0n) is 9.38. The second-order valence-electron chi connectivity index (χ2n) is 3.91. The monoisotopic (exact) mass is 220 g/mol. The molecular weight excluding hydrogens is 208 g/mol. The second-order valence-corrected chi connectivity index (χ2v) is 3.91. The van der Waals surface area contributed by atoms with Crippen LogP contribution in [0.3, 0.4) is 0 Å². The fourth-order valence-corrected chi connectivity index (χ4v) is 1.96. The Hall–Kier alpha value is -2.35. The maximum Gasteiger partial charge on any atom is 0.0741 e. The molecule has 17 heavy (non-hydrogen) atoms. The molecule has 3 rings (SSSR count). The molecule has 0 aliphatic heterocycles. The number of fused-ring (bicyclic) bond motifs is 1. The first kappa shape index (κ1) is 9.85. The molecule has 2 heteroatoms. The Labute approximate surface area is 99.8 Å². The largest absolute Gasteiger partial charge is 0.233 e. The predicted molar refractivity (Wildman–Crippen MR) is 71.2 cm³/mol. The van der Waals surface area contributed by atoms with Gasteiger partial charge in [0.1, 0.15) is 0 Å². The molecule has 1 aromatic heterocycles. The first-order chi connectivity index (χ1) is 8.38. The van der Waals surface area contributed by atoms with Gasteiger partial charge in [-0.2, -0.15) is 5.10 Å². The number of hydrogen-bond donors (Lipinski definition) is 0. The Morgan fingerprint density at radius 1 is 1.06 bits per heavy atom. The lowest BCUT2D eigenvalue weighted by Gasteiger charge is -2.04. The molecule has 2 aromatic carbocycles. The van der Waals surface area contributed by atoms with Gasteiger partial charge in [-0.1, -0.05) is 43.0 Å². The highest BCUT2D eigenvalue weighted by molar-refractivity contribution is 5.80. The normalized spacial score (nSPS) is 10.6. The molecule has 0 fully saturated rings. The minimum Gasteiger partial charge on any atom is -0.233 e. The molecule has 0 amide bonds. The number of aromatic nitrogens is 2. The average Bonchev–Trinajstić information content (AvgIpc) is 2.82. The maximum atomic E-state index is 4.42. The number of hydrogen-bond acceptors (Lipinski definition) is 1. The zero-order chi connectivity index (χ0) is 11.7. The molecule has 0 radical (unpaired) electrons. The van der Waals surface area contributed by atoms with Crippen molar-refractivity contribution in [3.8, 4) is 5.69 Å². The van der Waals surface area contributed by atoms with Crippen LogP contribution in [-0.4, -0.2) is 9.78 Å². The Kier molecular flexibility index (Phi) is 2.26. The first-order valence-corrected chi connectivity index (χ1v) is 5.54. The molecule has 2 nitrogen and oxygen atoms in total. The molecule has 0 spiro atoms. The van der Waals surface area contributed by atoms with Crippen molar-refractivity contribution in [1.29, 1.82) is 0 Å². The van der Waals surface area contributed by atoms with Crippen molar-refractivity contribution in [1.82, 2.24) is 9.78 Å². The van der Waals surface area contributed by atoms with E-state index in [1.165, 1.54) is 0 Å². The number of benzene rings is 2. The van der Waals surface area contributed by atoms with Crippen molar-refractivity contribution in [3.05, 3.63) is 66.9 Å². The van der Waals surface area contributed by atoms with Crippen LogP contribution < -0.4 is 0 Å². The van der Waals surface area contributed by atoms with Crippen LogP contribution in [-0.2, 0) is 0 Å². The molecule has 3 aromatic rings. The van der Waals surface area contributed by atoms with E-state index in [0.29, 0.717) is 0 Å². The van der Waals surface area contributed by atoms with Crippen LogP contribution in [0.2, 0.25) is 0 Å². The summed E-state index contributed by atoms with van der Waals surface area (Å²) in [6.07, 6.45) is 3.73. The molecule has 0 aliphatic rings. The Bertz CT molecular complexity index is 680. The quantitative estimate of drug-likeness (QED) is 0.644. The van der Waals surface area contributed by atoms with Gasteiger partial charge in [0.05, 0.1) is 17.4 Å². The van der Waals surface area contributed by atoms with Crippen molar-refractivity contribution in [3.63, 3.8) is 0 Å². The minimum absolute atomic E-state index is 1.06. The summed E-state index contributed by atoms with van der Waals surface area (Å²) < 4.78 is 1.95. The van der Waals surface area contributed by atoms with Crippen LogP contribution in [0.25, 0.3) is 22.7 Å². The minimum atomic E-state index is 1.06. The lowest BCUT2D eigenvalue weighted by Crippen LogP contribution is -1.95. The van der Waals surface area contributed by atoms with E-state index in [0.717, 1.165) is 22.2 Å². The third-order valence-corrected chi connectivity index (χ3v) is 2.83. The summed E-state index contributed by atoms with van der Waals surface area (Å²) in [5.41, 5.74) is 3.28. The summed E-state index contributed by atoms with van der Waals surface area (Å²) in [6.45, 7) is 3.79. The summed E-state index contributed by atoms with van der Waals surface area (Å²) in [7, 11) is 0. The number of rotatable bonds is 2. The Morgan fingerprint density at radius 2 is 1.94 bits per heavy atom. The van der Waals surface area contributed by atoms with Gasteiger partial charge in [-0.15, -0.1) is 0 Å². The smallest absolute Gasteiger partial charge is 0.0741 e. The van der Waals surface area contributed by atoms with Gasteiger partial charge in [-0.25, -0.2) is 4.68 Å². The van der Waals surface area contributed by atoms with E-state index in [2.05, 4.69) is 29.9 Å². The van der Waals surface area contributed by atoms with Gasteiger partial charge in [0, 0.05) is 5.39 Å².